The first kappa shape index (κ1) is 23.7. The van der Waals surface area contributed by atoms with Crippen molar-refractivity contribution in [2.75, 3.05) is 6.61 Å². The molecule has 0 aromatic carbocycles. The summed E-state index contributed by atoms with van der Waals surface area (Å²) in [4.78, 5) is 11.4. The topological polar surface area (TPSA) is 55.8 Å². The van der Waals surface area contributed by atoms with Gasteiger partial charge >= 0.3 is 18.3 Å². The second-order valence-corrected chi connectivity index (χ2v) is 7.37. The van der Waals surface area contributed by atoms with E-state index in [1.165, 1.54) is 6.92 Å². The molecule has 1 saturated carbocycles. The van der Waals surface area contributed by atoms with E-state index in [0.717, 1.165) is 0 Å². The molecule has 27 heavy (non-hydrogen) atoms. The van der Waals surface area contributed by atoms with Crippen LogP contribution in [0, 0.1) is 0 Å². The lowest BCUT2D eigenvalue weighted by Gasteiger charge is -2.48. The van der Waals surface area contributed by atoms with Crippen LogP contribution in [0.15, 0.2) is 12.2 Å². The molecule has 1 fully saturated rings. The number of ether oxygens (including phenoxy) is 2. The second kappa shape index (κ2) is 7.62. The molecule has 10 heteroatoms. The average molecular weight is 406 g/mol. The van der Waals surface area contributed by atoms with E-state index in [2.05, 4.69) is 6.58 Å². The van der Waals surface area contributed by atoms with Crippen molar-refractivity contribution in [3.05, 3.63) is 12.2 Å². The zero-order valence-electron chi connectivity index (χ0n) is 15.4. The van der Waals surface area contributed by atoms with Gasteiger partial charge in [-0.25, -0.2) is 4.79 Å². The number of carbonyl (C=O) groups is 1. The van der Waals surface area contributed by atoms with Crippen LogP contribution in [0.5, 0.6) is 0 Å². The number of hydrogen-bond acceptors (Lipinski definition) is 4. The standard InChI is InChI=1S/C17H24F6O4/c1-11(2)12(24)26-10-9-14(7-5-6-8-14)27-13(3,4)15(25,16(18,19)20)17(21,22)23/h25H,1,5-10H2,2-4H3. The summed E-state index contributed by atoms with van der Waals surface area (Å²) in [5, 5.41) is 9.70. The molecule has 1 N–H and O–H groups in total. The van der Waals surface area contributed by atoms with Crippen molar-refractivity contribution in [1.82, 2.24) is 0 Å². The Morgan fingerprint density at radius 2 is 1.52 bits per heavy atom. The molecule has 1 aliphatic rings. The van der Waals surface area contributed by atoms with Gasteiger partial charge in [-0.3, -0.25) is 0 Å². The molecule has 0 saturated heterocycles. The van der Waals surface area contributed by atoms with Crippen molar-refractivity contribution in [2.24, 2.45) is 0 Å². The molecule has 1 rings (SSSR count). The van der Waals surface area contributed by atoms with Crippen LogP contribution >= 0.6 is 0 Å². The molecule has 4 nitrogen and oxygen atoms in total. The first-order valence-electron chi connectivity index (χ1n) is 8.38. The van der Waals surface area contributed by atoms with Crippen LogP contribution in [0.2, 0.25) is 0 Å². The van der Waals surface area contributed by atoms with E-state index in [0.29, 0.717) is 26.7 Å². The summed E-state index contributed by atoms with van der Waals surface area (Å²) in [7, 11) is 0. The van der Waals surface area contributed by atoms with Crippen LogP contribution < -0.4 is 0 Å². The van der Waals surface area contributed by atoms with Gasteiger partial charge in [-0.05, 0) is 33.6 Å². The summed E-state index contributed by atoms with van der Waals surface area (Å²) >= 11 is 0. The highest BCUT2D eigenvalue weighted by atomic mass is 19.4. The third-order valence-electron chi connectivity index (χ3n) is 4.82. The molecule has 1 aliphatic carbocycles. The van der Waals surface area contributed by atoms with Gasteiger partial charge in [-0.1, -0.05) is 19.4 Å². The maximum absolute atomic E-state index is 13.2. The fourth-order valence-electron chi connectivity index (χ4n) is 3.33. The highest BCUT2D eigenvalue weighted by molar-refractivity contribution is 5.86. The summed E-state index contributed by atoms with van der Waals surface area (Å²) in [6.07, 6.45) is -10.7. The normalized spacial score (nSPS) is 18.4. The highest BCUT2D eigenvalue weighted by Gasteiger charge is 2.78. The first-order valence-corrected chi connectivity index (χ1v) is 8.38. The summed E-state index contributed by atoms with van der Waals surface area (Å²) in [5.74, 6) is -0.718. The van der Waals surface area contributed by atoms with Crippen molar-refractivity contribution in [2.45, 2.75) is 82.0 Å². The zero-order chi connectivity index (χ0) is 21.3. The minimum atomic E-state index is -6.00. The highest BCUT2D eigenvalue weighted by Crippen LogP contribution is 2.53. The van der Waals surface area contributed by atoms with Gasteiger partial charge in [0.05, 0.1) is 12.2 Å². The SMILES string of the molecule is C=C(C)C(=O)OCCC1(OC(C)(C)C(O)(C(F)(F)F)C(F)(F)F)CCCC1. The molecule has 0 atom stereocenters. The molecule has 0 aromatic heterocycles. The van der Waals surface area contributed by atoms with Crippen LogP contribution in [0.4, 0.5) is 26.3 Å². The van der Waals surface area contributed by atoms with E-state index in [1.807, 2.05) is 0 Å². The predicted molar refractivity (Wildman–Crippen MR) is 83.8 cm³/mol. The van der Waals surface area contributed by atoms with E-state index < -0.39 is 35.1 Å². The third kappa shape index (κ3) is 4.77. The molecule has 0 aromatic rings. The number of hydrogen-bond donors (Lipinski definition) is 1. The average Bonchev–Trinajstić information content (AvgIpc) is 2.91. The van der Waals surface area contributed by atoms with E-state index in [9.17, 15) is 36.2 Å². The Morgan fingerprint density at radius 3 is 1.89 bits per heavy atom. The fourth-order valence-corrected chi connectivity index (χ4v) is 3.33. The molecule has 0 radical (unpaired) electrons. The van der Waals surface area contributed by atoms with Crippen molar-refractivity contribution in [3.63, 3.8) is 0 Å². The summed E-state index contributed by atoms with van der Waals surface area (Å²) in [6.45, 7) is 5.66. The van der Waals surface area contributed by atoms with Gasteiger partial charge in [0, 0.05) is 12.0 Å². The van der Waals surface area contributed by atoms with Crippen molar-refractivity contribution < 1.29 is 45.7 Å². The maximum atomic E-state index is 13.2. The van der Waals surface area contributed by atoms with E-state index in [-0.39, 0.29) is 31.4 Å². The van der Waals surface area contributed by atoms with Crippen LogP contribution in [0.25, 0.3) is 0 Å². The quantitative estimate of drug-likeness (QED) is 0.385. The number of rotatable bonds is 7. The Hall–Kier alpha value is -1.29. The van der Waals surface area contributed by atoms with E-state index in [1.54, 1.807) is 0 Å². The summed E-state index contributed by atoms with van der Waals surface area (Å²) in [5.41, 5.74) is -9.34. The summed E-state index contributed by atoms with van der Waals surface area (Å²) < 4.78 is 89.5. The van der Waals surface area contributed by atoms with Crippen LogP contribution in [-0.4, -0.2) is 46.8 Å². The van der Waals surface area contributed by atoms with Gasteiger partial charge in [0.1, 0.15) is 5.60 Å². The predicted octanol–water partition coefficient (Wildman–Crippen LogP) is 4.46. The summed E-state index contributed by atoms with van der Waals surface area (Å²) in [6, 6.07) is 0. The maximum Gasteiger partial charge on any atom is 0.429 e. The molecular formula is C17H24F6O4. The second-order valence-electron chi connectivity index (χ2n) is 7.37. The Kier molecular flexibility index (Phi) is 6.70. The molecule has 0 amide bonds. The number of carbonyl (C=O) groups excluding carboxylic acids is 1. The van der Waals surface area contributed by atoms with Gasteiger partial charge in [-0.2, -0.15) is 26.3 Å². The fraction of sp³-hybridized carbons (Fsp3) is 0.824. The van der Waals surface area contributed by atoms with E-state index in [4.69, 9.17) is 9.47 Å². The monoisotopic (exact) mass is 406 g/mol. The lowest BCUT2D eigenvalue weighted by atomic mass is 9.82. The Morgan fingerprint density at radius 1 is 1.07 bits per heavy atom. The Balaban J connectivity index is 3.09. The Bertz CT molecular complexity index is 545. The molecule has 0 unspecified atom stereocenters. The molecule has 0 heterocycles. The van der Waals surface area contributed by atoms with E-state index >= 15 is 0 Å². The zero-order valence-corrected chi connectivity index (χ0v) is 15.4. The minimum absolute atomic E-state index is 0.0960. The number of halogens is 6. The molecule has 0 aliphatic heterocycles. The molecule has 158 valence electrons. The number of aliphatic hydroxyl groups is 1. The lowest BCUT2D eigenvalue weighted by molar-refractivity contribution is -0.421. The Labute approximate surface area is 153 Å². The molecular weight excluding hydrogens is 382 g/mol. The number of esters is 1. The van der Waals surface area contributed by atoms with Crippen molar-refractivity contribution in [1.29, 1.82) is 0 Å². The largest absolute Gasteiger partial charge is 0.462 e. The van der Waals surface area contributed by atoms with Crippen LogP contribution in [0.1, 0.15) is 52.9 Å². The lowest BCUT2D eigenvalue weighted by Crippen LogP contribution is -2.70. The molecule has 0 spiro atoms. The van der Waals surface area contributed by atoms with Gasteiger partial charge in [0.2, 0.25) is 0 Å². The smallest absolute Gasteiger partial charge is 0.429 e. The van der Waals surface area contributed by atoms with Gasteiger partial charge in [0.25, 0.3) is 5.60 Å². The number of alkyl halides is 6. The third-order valence-corrected chi connectivity index (χ3v) is 4.82. The van der Waals surface area contributed by atoms with Gasteiger partial charge in [-0.15, -0.1) is 0 Å². The van der Waals surface area contributed by atoms with Crippen molar-refractivity contribution >= 4 is 5.97 Å². The van der Waals surface area contributed by atoms with Crippen LogP contribution in [0.3, 0.4) is 0 Å². The first-order chi connectivity index (χ1) is 12.0. The van der Waals surface area contributed by atoms with Crippen molar-refractivity contribution in [3.8, 4) is 0 Å². The molecule has 0 bridgehead atoms. The van der Waals surface area contributed by atoms with Gasteiger partial charge < -0.3 is 14.6 Å². The van der Waals surface area contributed by atoms with Gasteiger partial charge in [0.15, 0.2) is 0 Å². The minimum Gasteiger partial charge on any atom is -0.462 e. The van der Waals surface area contributed by atoms with Crippen LogP contribution in [-0.2, 0) is 14.3 Å².